The van der Waals surface area contributed by atoms with Crippen LogP contribution >= 0.6 is 24.8 Å². The molecule has 1 aliphatic carbocycles. The minimum absolute atomic E-state index is 0. The number of pyridine rings is 1. The maximum Gasteiger partial charge on any atom is 0.330 e. The number of aromatic nitrogens is 3. The van der Waals surface area contributed by atoms with Crippen LogP contribution in [-0.2, 0) is 6.54 Å². The highest BCUT2D eigenvalue weighted by Crippen LogP contribution is 2.39. The van der Waals surface area contributed by atoms with Crippen LogP contribution in [0.5, 0.6) is 0 Å². The lowest BCUT2D eigenvalue weighted by Crippen LogP contribution is -2.39. The molecule has 10 heteroatoms. The van der Waals surface area contributed by atoms with E-state index in [2.05, 4.69) is 15.3 Å². The lowest BCUT2D eigenvalue weighted by Gasteiger charge is -2.16. The number of rotatable bonds is 6. The Bertz CT molecular complexity index is 966. The molecular formula is C18H27Cl2N5O3. The topological polar surface area (TPSA) is 123 Å². The number of fused-ring (bicyclic) bond motifs is 1. The number of aromatic amines is 1. The molecule has 0 saturated heterocycles. The first-order valence-electron chi connectivity index (χ1n) is 9.00. The lowest BCUT2D eigenvalue weighted by atomic mass is 10.1. The molecule has 2 aromatic rings. The van der Waals surface area contributed by atoms with Crippen molar-refractivity contribution in [2.75, 3.05) is 6.54 Å². The van der Waals surface area contributed by atoms with Crippen LogP contribution in [0.1, 0.15) is 55.6 Å². The van der Waals surface area contributed by atoms with Gasteiger partial charge in [-0.3, -0.25) is 19.1 Å². The van der Waals surface area contributed by atoms with Gasteiger partial charge in [0.2, 0.25) is 0 Å². The van der Waals surface area contributed by atoms with Gasteiger partial charge in [-0.2, -0.15) is 0 Å². The minimum Gasteiger partial charge on any atom is -0.348 e. The number of carbonyl (C=O) groups is 1. The number of hydrogen-bond acceptors (Lipinski definition) is 5. The summed E-state index contributed by atoms with van der Waals surface area (Å²) in [6, 6.07) is 1.45. The highest BCUT2D eigenvalue weighted by Gasteiger charge is 2.29. The molecule has 3 rings (SSSR count). The number of H-pyrrole nitrogens is 1. The first kappa shape index (κ1) is 24.1. The number of hydrogen-bond donors (Lipinski definition) is 3. The summed E-state index contributed by atoms with van der Waals surface area (Å²) in [5, 5.41) is 2.94. The van der Waals surface area contributed by atoms with Crippen LogP contribution in [-0.4, -0.2) is 33.0 Å². The second kappa shape index (κ2) is 9.54. The SMILES string of the molecule is CC(C)Cn1c(=O)[nH]c(=O)c2c(C(=O)N[C@@H](C)CN)cc(C3CC3)nc21.Cl.Cl. The summed E-state index contributed by atoms with van der Waals surface area (Å²) in [5.74, 6) is 0.0833. The summed E-state index contributed by atoms with van der Waals surface area (Å²) >= 11 is 0. The van der Waals surface area contributed by atoms with Gasteiger partial charge in [-0.05, 0) is 31.7 Å². The van der Waals surface area contributed by atoms with Crippen molar-refractivity contribution in [3.8, 4) is 0 Å². The quantitative estimate of drug-likeness (QED) is 0.639. The monoisotopic (exact) mass is 431 g/mol. The van der Waals surface area contributed by atoms with Crippen molar-refractivity contribution < 1.29 is 4.79 Å². The predicted molar refractivity (Wildman–Crippen MR) is 114 cm³/mol. The summed E-state index contributed by atoms with van der Waals surface area (Å²) < 4.78 is 1.45. The van der Waals surface area contributed by atoms with Crippen molar-refractivity contribution in [2.24, 2.45) is 11.7 Å². The van der Waals surface area contributed by atoms with Gasteiger partial charge in [-0.25, -0.2) is 9.78 Å². The van der Waals surface area contributed by atoms with E-state index in [4.69, 9.17) is 5.73 Å². The summed E-state index contributed by atoms with van der Waals surface area (Å²) in [6.07, 6.45) is 1.99. The van der Waals surface area contributed by atoms with E-state index < -0.39 is 11.2 Å². The lowest BCUT2D eigenvalue weighted by molar-refractivity contribution is 0.0942. The van der Waals surface area contributed by atoms with Gasteiger partial charge in [0.25, 0.3) is 11.5 Å². The van der Waals surface area contributed by atoms with E-state index in [-0.39, 0.29) is 65.2 Å². The zero-order chi connectivity index (χ0) is 19.0. The summed E-state index contributed by atoms with van der Waals surface area (Å²) in [7, 11) is 0. The molecule has 0 bridgehead atoms. The maximum atomic E-state index is 12.8. The number of nitrogens with one attached hydrogen (secondary N) is 2. The van der Waals surface area contributed by atoms with Crippen LogP contribution in [0.2, 0.25) is 0 Å². The van der Waals surface area contributed by atoms with Gasteiger partial charge in [0.15, 0.2) is 5.65 Å². The highest BCUT2D eigenvalue weighted by molar-refractivity contribution is 6.05. The normalized spacial score (nSPS) is 14.3. The van der Waals surface area contributed by atoms with E-state index in [9.17, 15) is 14.4 Å². The molecule has 4 N–H and O–H groups in total. The standard InChI is InChI=1S/C18H25N5O3.2ClH/c1-9(2)8-23-15-14(17(25)22-18(23)26)12(16(24)20-10(3)7-19)6-13(21-15)11-4-5-11;;/h6,9-11H,4-5,7-8,19H2,1-3H3,(H,20,24)(H,22,25,26);2*1H/t10-;;/m0../s1. The second-order valence-corrected chi connectivity index (χ2v) is 7.44. The van der Waals surface area contributed by atoms with Crippen molar-refractivity contribution in [1.29, 1.82) is 0 Å². The molecule has 28 heavy (non-hydrogen) atoms. The van der Waals surface area contributed by atoms with Crippen molar-refractivity contribution in [1.82, 2.24) is 19.9 Å². The minimum atomic E-state index is -0.592. The average molecular weight is 432 g/mol. The van der Waals surface area contributed by atoms with Crippen LogP contribution in [0.15, 0.2) is 15.7 Å². The van der Waals surface area contributed by atoms with Gasteiger partial charge >= 0.3 is 5.69 Å². The molecule has 1 saturated carbocycles. The second-order valence-electron chi connectivity index (χ2n) is 7.44. The Morgan fingerprint density at radius 1 is 1.32 bits per heavy atom. The first-order valence-corrected chi connectivity index (χ1v) is 9.00. The molecule has 8 nitrogen and oxygen atoms in total. The van der Waals surface area contributed by atoms with Gasteiger partial charge in [0.05, 0.1) is 10.9 Å². The van der Waals surface area contributed by atoms with E-state index in [1.165, 1.54) is 4.57 Å². The van der Waals surface area contributed by atoms with Gasteiger partial charge in [-0.15, -0.1) is 24.8 Å². The molecular weight excluding hydrogens is 405 g/mol. The van der Waals surface area contributed by atoms with Gasteiger partial charge < -0.3 is 11.1 Å². The molecule has 0 spiro atoms. The van der Waals surface area contributed by atoms with Crippen molar-refractivity contribution in [3.63, 3.8) is 0 Å². The molecule has 156 valence electrons. The van der Waals surface area contributed by atoms with E-state index in [0.717, 1.165) is 18.5 Å². The molecule has 2 aromatic heterocycles. The zero-order valence-electron chi connectivity index (χ0n) is 16.2. The Balaban J connectivity index is 0.00000196. The Labute approximate surface area is 175 Å². The van der Waals surface area contributed by atoms with Crippen molar-refractivity contribution >= 4 is 41.8 Å². The van der Waals surface area contributed by atoms with Crippen LogP contribution in [0.4, 0.5) is 0 Å². The molecule has 1 atom stereocenters. The molecule has 1 fully saturated rings. The Kier molecular flexibility index (Phi) is 8.22. The van der Waals surface area contributed by atoms with Gasteiger partial charge in [-0.1, -0.05) is 13.8 Å². The van der Waals surface area contributed by atoms with E-state index >= 15 is 0 Å². The molecule has 2 heterocycles. The Hall–Kier alpha value is -1.90. The number of nitrogens with zero attached hydrogens (tertiary/aromatic N) is 2. The third kappa shape index (κ3) is 4.92. The van der Waals surface area contributed by atoms with Crippen LogP contribution in [0.25, 0.3) is 11.0 Å². The fourth-order valence-corrected chi connectivity index (χ4v) is 2.96. The van der Waals surface area contributed by atoms with Crippen LogP contribution < -0.4 is 22.3 Å². The predicted octanol–water partition coefficient (Wildman–Crippen LogP) is 1.54. The average Bonchev–Trinajstić information content (AvgIpc) is 3.42. The van der Waals surface area contributed by atoms with E-state index in [0.29, 0.717) is 13.1 Å². The van der Waals surface area contributed by atoms with Gasteiger partial charge in [0.1, 0.15) is 0 Å². The molecule has 0 aliphatic heterocycles. The zero-order valence-corrected chi connectivity index (χ0v) is 17.8. The first-order chi connectivity index (χ1) is 12.3. The molecule has 1 amide bonds. The van der Waals surface area contributed by atoms with Crippen LogP contribution in [0.3, 0.4) is 0 Å². The van der Waals surface area contributed by atoms with Crippen molar-refractivity contribution in [3.05, 3.63) is 38.2 Å². The summed E-state index contributed by atoms with van der Waals surface area (Å²) in [4.78, 5) is 44.5. The number of nitrogens with two attached hydrogens (primary N) is 1. The fourth-order valence-electron chi connectivity index (χ4n) is 2.96. The number of halogens is 2. The number of carbonyl (C=O) groups excluding carboxylic acids is 1. The Morgan fingerprint density at radius 3 is 2.50 bits per heavy atom. The number of amides is 1. The molecule has 0 radical (unpaired) electrons. The molecule has 0 aromatic carbocycles. The van der Waals surface area contributed by atoms with Gasteiger partial charge in [0, 0.05) is 30.7 Å². The van der Waals surface area contributed by atoms with E-state index in [1.807, 2.05) is 13.8 Å². The largest absolute Gasteiger partial charge is 0.348 e. The third-order valence-electron chi connectivity index (χ3n) is 4.49. The molecule has 0 unspecified atom stereocenters. The smallest absolute Gasteiger partial charge is 0.330 e. The summed E-state index contributed by atoms with van der Waals surface area (Å²) in [6.45, 7) is 6.45. The highest BCUT2D eigenvalue weighted by atomic mass is 35.5. The molecule has 1 aliphatic rings. The Morgan fingerprint density at radius 2 is 1.96 bits per heavy atom. The van der Waals surface area contributed by atoms with Crippen molar-refractivity contribution in [2.45, 2.75) is 52.1 Å². The third-order valence-corrected chi connectivity index (χ3v) is 4.49. The van der Waals surface area contributed by atoms with E-state index in [1.54, 1.807) is 13.0 Å². The summed E-state index contributed by atoms with van der Waals surface area (Å²) in [5.41, 5.74) is 5.78. The fraction of sp³-hybridized carbons (Fsp3) is 0.556. The van der Waals surface area contributed by atoms with Crippen LogP contribution in [0, 0.1) is 5.92 Å². The maximum absolute atomic E-state index is 12.8.